The number of nitrogens with one attached hydrogen (secondary N) is 2. The van der Waals surface area contributed by atoms with E-state index in [4.69, 9.17) is 34.8 Å². The number of nitriles is 1. The number of benzene rings is 1. The fourth-order valence-electron chi connectivity index (χ4n) is 2.38. The summed E-state index contributed by atoms with van der Waals surface area (Å²) < 4.78 is -1.86. The van der Waals surface area contributed by atoms with Crippen molar-refractivity contribution in [2.45, 2.75) is 23.2 Å². The largest absolute Gasteiger partial charge is 0.332 e. The molecule has 2 unspecified atom stereocenters. The molecule has 0 bridgehead atoms. The van der Waals surface area contributed by atoms with Gasteiger partial charge in [-0.1, -0.05) is 52.5 Å². The van der Waals surface area contributed by atoms with Crippen LogP contribution in [0.2, 0.25) is 0 Å². The molecule has 1 aromatic carbocycles. The van der Waals surface area contributed by atoms with Gasteiger partial charge >= 0.3 is 0 Å². The molecule has 1 aliphatic rings. The van der Waals surface area contributed by atoms with Crippen LogP contribution in [0.25, 0.3) is 0 Å². The molecule has 0 spiro atoms. The molecule has 140 valence electrons. The summed E-state index contributed by atoms with van der Waals surface area (Å²) in [7, 11) is 0. The van der Waals surface area contributed by atoms with Crippen molar-refractivity contribution >= 4 is 46.4 Å². The Hall–Kier alpha value is -2.31. The highest BCUT2D eigenvalue weighted by molar-refractivity contribution is 6.68. The Morgan fingerprint density at radius 2 is 1.89 bits per heavy atom. The third-order valence-electron chi connectivity index (χ3n) is 3.79. The first-order valence-electron chi connectivity index (χ1n) is 7.74. The van der Waals surface area contributed by atoms with Gasteiger partial charge in [0.15, 0.2) is 0 Å². The van der Waals surface area contributed by atoms with Gasteiger partial charge in [-0.25, -0.2) is 15.0 Å². The Bertz CT molecular complexity index is 851. The van der Waals surface area contributed by atoms with E-state index in [1.807, 2.05) is 25.2 Å². The number of aromatic nitrogens is 2. The molecule has 2 aromatic rings. The molecule has 2 heterocycles. The number of halogens is 3. The van der Waals surface area contributed by atoms with E-state index in [9.17, 15) is 10.1 Å². The van der Waals surface area contributed by atoms with Crippen molar-refractivity contribution in [1.29, 1.82) is 5.26 Å². The Morgan fingerprint density at radius 3 is 2.44 bits per heavy atom. The van der Waals surface area contributed by atoms with Crippen molar-refractivity contribution in [3.05, 3.63) is 54.1 Å². The summed E-state index contributed by atoms with van der Waals surface area (Å²) in [5.41, 5.74) is 2.01. The number of hydrogen-bond acceptors (Lipinski definition) is 7. The van der Waals surface area contributed by atoms with E-state index in [-0.39, 0.29) is 0 Å². The van der Waals surface area contributed by atoms with Gasteiger partial charge in [-0.05, 0) is 19.1 Å². The maximum absolute atomic E-state index is 12.5. The summed E-state index contributed by atoms with van der Waals surface area (Å²) in [5, 5.41) is 17.7. The van der Waals surface area contributed by atoms with Crippen LogP contribution in [0.1, 0.15) is 15.9 Å². The van der Waals surface area contributed by atoms with Crippen LogP contribution in [0.3, 0.4) is 0 Å². The van der Waals surface area contributed by atoms with E-state index in [1.54, 1.807) is 17.1 Å². The zero-order valence-electron chi connectivity index (χ0n) is 14.0. The van der Waals surface area contributed by atoms with Crippen molar-refractivity contribution in [2.75, 3.05) is 5.01 Å². The Labute approximate surface area is 170 Å². The van der Waals surface area contributed by atoms with Gasteiger partial charge in [0.1, 0.15) is 12.5 Å². The number of nitrogens with zero attached hydrogens (tertiary/aromatic N) is 5. The molecular weight excluding hydrogens is 413 g/mol. The molecule has 2 N–H and O–H groups in total. The van der Waals surface area contributed by atoms with E-state index in [1.165, 1.54) is 23.7 Å². The number of amides is 1. The van der Waals surface area contributed by atoms with Gasteiger partial charge in [-0.15, -0.1) is 0 Å². The second-order valence-electron chi connectivity index (χ2n) is 5.74. The number of rotatable bonds is 5. The van der Waals surface area contributed by atoms with E-state index >= 15 is 0 Å². The molecule has 1 amide bonds. The van der Waals surface area contributed by atoms with Crippen LogP contribution in [0.4, 0.5) is 5.69 Å². The highest BCUT2D eigenvalue weighted by atomic mass is 35.6. The molecule has 0 aliphatic carbocycles. The summed E-state index contributed by atoms with van der Waals surface area (Å²) in [6.45, 7) is 1.92. The quantitative estimate of drug-likeness (QED) is 0.328. The zero-order chi connectivity index (χ0) is 19.6. The molecule has 1 aliphatic heterocycles. The van der Waals surface area contributed by atoms with Crippen LogP contribution in [-0.2, 0) is 0 Å². The molecule has 11 heteroatoms. The minimum Gasteiger partial charge on any atom is -0.332 e. The molecule has 0 radical (unpaired) electrons. The van der Waals surface area contributed by atoms with Crippen LogP contribution in [-0.4, -0.2) is 37.1 Å². The number of carbonyl (C=O) groups excluding carboxylic acids is 1. The van der Waals surface area contributed by atoms with Gasteiger partial charge in [-0.2, -0.15) is 10.3 Å². The number of anilines is 1. The lowest BCUT2D eigenvalue weighted by molar-refractivity contribution is 0.0928. The lowest BCUT2D eigenvalue weighted by Gasteiger charge is -2.26. The Morgan fingerprint density at radius 1 is 1.26 bits per heavy atom. The van der Waals surface area contributed by atoms with Gasteiger partial charge in [0, 0.05) is 5.56 Å². The second kappa shape index (κ2) is 7.74. The standard InChI is InChI=1S/C16H14Cl3N7O/c1-10-2-4-11(5-3-10)13(27)23-14(16(17,18)19)24-15-25(8-20)26(15)12-6-21-9-22-7-12/h2-7,9,14-15,24H,1H3,(H,23,27). The number of carbonyl (C=O) groups is 1. The van der Waals surface area contributed by atoms with Crippen molar-refractivity contribution in [2.24, 2.45) is 0 Å². The van der Waals surface area contributed by atoms with Crippen LogP contribution >= 0.6 is 34.8 Å². The van der Waals surface area contributed by atoms with E-state index in [2.05, 4.69) is 20.6 Å². The predicted molar refractivity (Wildman–Crippen MR) is 102 cm³/mol. The maximum atomic E-state index is 12.5. The average molecular weight is 427 g/mol. The highest BCUT2D eigenvalue weighted by Crippen LogP contribution is 2.34. The zero-order valence-corrected chi connectivity index (χ0v) is 16.2. The molecule has 0 saturated carbocycles. The minimum absolute atomic E-state index is 0.419. The minimum atomic E-state index is -1.86. The maximum Gasteiger partial charge on any atom is 0.252 e. The fourth-order valence-corrected chi connectivity index (χ4v) is 2.73. The van der Waals surface area contributed by atoms with E-state index in [0.717, 1.165) is 5.56 Å². The van der Waals surface area contributed by atoms with Gasteiger partial charge in [0.2, 0.25) is 16.3 Å². The molecule has 1 fully saturated rings. The topological polar surface area (TPSA) is 96.7 Å². The second-order valence-corrected chi connectivity index (χ2v) is 8.11. The third-order valence-corrected chi connectivity index (χ3v) is 4.44. The van der Waals surface area contributed by atoms with Crippen LogP contribution < -0.4 is 15.6 Å². The smallest absolute Gasteiger partial charge is 0.252 e. The van der Waals surface area contributed by atoms with Gasteiger partial charge < -0.3 is 5.32 Å². The molecule has 3 rings (SSSR count). The normalized spacial score (nSPS) is 17.2. The lowest BCUT2D eigenvalue weighted by Crippen LogP contribution is -2.55. The molecule has 2 atom stereocenters. The average Bonchev–Trinajstić information content (AvgIpc) is 3.34. The van der Waals surface area contributed by atoms with Crippen molar-refractivity contribution in [1.82, 2.24) is 25.6 Å². The third kappa shape index (κ3) is 4.51. The van der Waals surface area contributed by atoms with Crippen molar-refractivity contribution in [3.63, 3.8) is 0 Å². The van der Waals surface area contributed by atoms with Gasteiger partial charge in [0.25, 0.3) is 5.91 Å². The lowest BCUT2D eigenvalue weighted by atomic mass is 10.1. The summed E-state index contributed by atoms with van der Waals surface area (Å²) in [6.07, 6.45) is 4.74. The number of alkyl halides is 3. The first-order valence-corrected chi connectivity index (χ1v) is 8.88. The first kappa shape index (κ1) is 19.5. The summed E-state index contributed by atoms with van der Waals surface area (Å²) >= 11 is 18.1. The summed E-state index contributed by atoms with van der Waals surface area (Å²) in [4.78, 5) is 20.3. The predicted octanol–water partition coefficient (Wildman–Crippen LogP) is 2.30. The SMILES string of the molecule is Cc1ccc(C(=O)NC(NC2N(C#N)N2c2cncnc2)C(Cl)(Cl)Cl)cc1. The van der Waals surface area contributed by atoms with E-state index < -0.39 is 22.2 Å². The molecule has 27 heavy (non-hydrogen) atoms. The Balaban J connectivity index is 1.73. The van der Waals surface area contributed by atoms with Crippen molar-refractivity contribution in [3.8, 4) is 6.19 Å². The molecule has 1 saturated heterocycles. The number of hydrazine groups is 1. The van der Waals surface area contributed by atoms with Gasteiger partial charge in [0.05, 0.1) is 18.1 Å². The molecular formula is C16H14Cl3N7O. The monoisotopic (exact) mass is 425 g/mol. The van der Waals surface area contributed by atoms with Crippen molar-refractivity contribution < 1.29 is 4.79 Å². The molecule has 8 nitrogen and oxygen atoms in total. The highest BCUT2D eigenvalue weighted by Gasteiger charge is 2.50. The summed E-state index contributed by atoms with van der Waals surface area (Å²) in [6, 6.07) is 6.96. The first-order chi connectivity index (χ1) is 12.8. The van der Waals surface area contributed by atoms with E-state index in [0.29, 0.717) is 11.3 Å². The fraction of sp³-hybridized carbons (Fsp3) is 0.250. The number of aryl methyl sites for hydroxylation is 1. The molecule has 1 aromatic heterocycles. The Kier molecular flexibility index (Phi) is 5.58. The van der Waals surface area contributed by atoms with Crippen LogP contribution in [0.5, 0.6) is 0 Å². The van der Waals surface area contributed by atoms with Crippen LogP contribution in [0.15, 0.2) is 43.0 Å². The summed E-state index contributed by atoms with van der Waals surface area (Å²) in [5.74, 6) is -0.419. The number of hydrogen-bond donors (Lipinski definition) is 2. The van der Waals surface area contributed by atoms with Gasteiger partial charge in [-0.3, -0.25) is 10.1 Å². The van der Waals surface area contributed by atoms with Crippen LogP contribution in [0, 0.1) is 18.4 Å².